The molecule has 0 amide bonds. The van der Waals surface area contributed by atoms with Crippen LogP contribution in [0.4, 0.5) is 0 Å². The molecule has 1 aliphatic heterocycles. The van der Waals surface area contributed by atoms with Crippen LogP contribution in [-0.2, 0) is 11.8 Å². The molecule has 2 unspecified atom stereocenters. The Morgan fingerprint density at radius 1 is 0.854 bits per heavy atom. The minimum Gasteiger partial charge on any atom is -0.447 e. The second-order valence-corrected chi connectivity index (χ2v) is 14.0. The van der Waals surface area contributed by atoms with E-state index in [1.807, 2.05) is 0 Å². The van der Waals surface area contributed by atoms with Crippen molar-refractivity contribution in [3.63, 3.8) is 0 Å². The van der Waals surface area contributed by atoms with Crippen LogP contribution in [0.25, 0.3) is 54.9 Å². The monoisotopic (exact) mass is 541 g/mol. The zero-order valence-electron chi connectivity index (χ0n) is 25.9. The zero-order valence-corrected chi connectivity index (χ0v) is 25.9. The molecule has 2 aromatic heterocycles. The first kappa shape index (κ1) is 26.2. The Kier molecular flexibility index (Phi) is 5.68. The van der Waals surface area contributed by atoms with Crippen LogP contribution in [0.15, 0.2) is 59.0 Å². The van der Waals surface area contributed by atoms with Crippen molar-refractivity contribution >= 4 is 43.6 Å². The summed E-state index contributed by atoms with van der Waals surface area (Å²) in [5.41, 5.74) is 10.7. The number of aryl methyl sites for hydroxylation is 2. The predicted molar refractivity (Wildman–Crippen MR) is 172 cm³/mol. The fourth-order valence-electron chi connectivity index (χ4n) is 7.36. The van der Waals surface area contributed by atoms with E-state index >= 15 is 0 Å². The zero-order chi connectivity index (χ0) is 29.0. The molecule has 2 atom stereocenters. The first-order chi connectivity index (χ1) is 19.4. The van der Waals surface area contributed by atoms with Crippen molar-refractivity contribution in [3.8, 4) is 11.3 Å². The summed E-state index contributed by atoms with van der Waals surface area (Å²) in [5, 5.41) is 6.22. The standard InChI is InChI=1S/C38H41N2O/c1-20(2)16-25-11-14-27-26(18-25)12-15-29-34-37(41-36(27)29)35-31-19-32(38(7,8)9)30-17-21(3)10-13-28(30)33(31)22(4)23(5)40(35)24(6)39-34/h10-15,17-20,22-23H,16H2,1-9H3/q+1. The van der Waals surface area contributed by atoms with Gasteiger partial charge in [-0.25, -0.2) is 4.57 Å². The molecule has 1 aliphatic rings. The number of hydrogen-bond donors (Lipinski definition) is 0. The van der Waals surface area contributed by atoms with Crippen molar-refractivity contribution in [2.24, 2.45) is 5.92 Å². The molecule has 0 fully saturated rings. The van der Waals surface area contributed by atoms with Gasteiger partial charge >= 0.3 is 0 Å². The van der Waals surface area contributed by atoms with E-state index in [9.17, 15) is 0 Å². The molecule has 0 radical (unpaired) electrons. The molecule has 3 nitrogen and oxygen atoms in total. The molecule has 3 heteroatoms. The summed E-state index contributed by atoms with van der Waals surface area (Å²) in [7, 11) is 0. The van der Waals surface area contributed by atoms with E-state index in [0.717, 1.165) is 39.7 Å². The fraction of sp³-hybridized carbons (Fsp3) is 0.368. The van der Waals surface area contributed by atoms with Crippen LogP contribution < -0.4 is 4.57 Å². The van der Waals surface area contributed by atoms with Crippen LogP contribution in [0.1, 0.15) is 88.5 Å². The molecule has 6 aromatic rings. The largest absolute Gasteiger partial charge is 0.447 e. The number of furan rings is 1. The van der Waals surface area contributed by atoms with Gasteiger partial charge < -0.3 is 4.42 Å². The van der Waals surface area contributed by atoms with Gasteiger partial charge in [0.05, 0.1) is 5.39 Å². The van der Waals surface area contributed by atoms with E-state index in [1.165, 1.54) is 49.7 Å². The van der Waals surface area contributed by atoms with Crippen LogP contribution >= 0.6 is 0 Å². The highest BCUT2D eigenvalue weighted by atomic mass is 16.3. The Hall–Kier alpha value is -3.72. The van der Waals surface area contributed by atoms with Gasteiger partial charge in [-0.3, -0.25) is 0 Å². The summed E-state index contributed by atoms with van der Waals surface area (Å²) in [6.07, 6.45) is 1.08. The average molecular weight is 542 g/mol. The average Bonchev–Trinajstić information content (AvgIpc) is 3.27. The van der Waals surface area contributed by atoms with Crippen molar-refractivity contribution in [2.75, 3.05) is 0 Å². The van der Waals surface area contributed by atoms with Gasteiger partial charge in [0, 0.05) is 23.8 Å². The Bertz CT molecular complexity index is 2040. The molecule has 0 bridgehead atoms. The van der Waals surface area contributed by atoms with E-state index in [0.29, 0.717) is 11.8 Å². The van der Waals surface area contributed by atoms with Crippen LogP contribution in [0.3, 0.4) is 0 Å². The van der Waals surface area contributed by atoms with Gasteiger partial charge in [0.1, 0.15) is 11.6 Å². The van der Waals surface area contributed by atoms with Gasteiger partial charge in [-0.05, 0) is 81.6 Å². The Labute approximate surface area is 243 Å². The molecule has 0 saturated carbocycles. The third kappa shape index (κ3) is 3.85. The maximum atomic E-state index is 6.95. The molecule has 208 valence electrons. The van der Waals surface area contributed by atoms with E-state index in [1.54, 1.807) is 0 Å². The molecule has 0 saturated heterocycles. The van der Waals surface area contributed by atoms with Gasteiger partial charge in [-0.15, -0.1) is 0 Å². The number of rotatable bonds is 2. The van der Waals surface area contributed by atoms with Crippen molar-refractivity contribution in [2.45, 2.75) is 86.1 Å². The van der Waals surface area contributed by atoms with E-state index in [2.05, 4.69) is 121 Å². The Morgan fingerprint density at radius 3 is 2.32 bits per heavy atom. The summed E-state index contributed by atoms with van der Waals surface area (Å²) in [5.74, 6) is 2.00. The lowest BCUT2D eigenvalue weighted by atomic mass is 9.75. The highest BCUT2D eigenvalue weighted by Crippen LogP contribution is 2.48. The fourth-order valence-corrected chi connectivity index (χ4v) is 7.36. The number of benzene rings is 4. The van der Waals surface area contributed by atoms with E-state index in [-0.39, 0.29) is 11.5 Å². The van der Waals surface area contributed by atoms with Gasteiger partial charge in [0.15, 0.2) is 5.69 Å². The topological polar surface area (TPSA) is 29.9 Å². The minimum atomic E-state index is -0.00281. The van der Waals surface area contributed by atoms with Crippen LogP contribution in [0.2, 0.25) is 0 Å². The van der Waals surface area contributed by atoms with Crippen molar-refractivity contribution in [1.82, 2.24) is 4.98 Å². The van der Waals surface area contributed by atoms with Crippen molar-refractivity contribution < 1.29 is 8.98 Å². The lowest BCUT2D eigenvalue weighted by Gasteiger charge is -2.33. The van der Waals surface area contributed by atoms with Gasteiger partial charge in [0.25, 0.3) is 5.82 Å². The smallest absolute Gasteiger partial charge is 0.297 e. The molecule has 0 N–H and O–H groups in total. The quantitative estimate of drug-likeness (QED) is 0.204. The summed E-state index contributed by atoms with van der Waals surface area (Å²) in [6.45, 7) is 20.6. The second-order valence-electron chi connectivity index (χ2n) is 14.0. The Morgan fingerprint density at radius 2 is 1.59 bits per heavy atom. The number of fused-ring (bicyclic) bond motifs is 11. The molecular weight excluding hydrogens is 500 g/mol. The molecule has 0 spiro atoms. The first-order valence-electron chi connectivity index (χ1n) is 15.2. The van der Waals surface area contributed by atoms with Gasteiger partial charge in [-0.2, -0.15) is 0 Å². The van der Waals surface area contributed by atoms with E-state index in [4.69, 9.17) is 9.40 Å². The molecule has 0 aliphatic carbocycles. The third-order valence-electron chi connectivity index (χ3n) is 9.41. The summed E-state index contributed by atoms with van der Waals surface area (Å²) < 4.78 is 9.39. The van der Waals surface area contributed by atoms with Crippen LogP contribution in [0, 0.1) is 19.8 Å². The highest BCUT2D eigenvalue weighted by molar-refractivity contribution is 6.15. The van der Waals surface area contributed by atoms with E-state index < -0.39 is 0 Å². The maximum Gasteiger partial charge on any atom is 0.297 e. The van der Waals surface area contributed by atoms with Crippen molar-refractivity contribution in [1.29, 1.82) is 0 Å². The summed E-state index contributed by atoms with van der Waals surface area (Å²) in [4.78, 5) is 5.21. The number of hydrogen-bond acceptors (Lipinski definition) is 2. The van der Waals surface area contributed by atoms with Gasteiger partial charge in [-0.1, -0.05) is 89.6 Å². The Balaban J connectivity index is 1.61. The maximum absolute atomic E-state index is 6.95. The highest BCUT2D eigenvalue weighted by Gasteiger charge is 2.40. The molecule has 4 aromatic carbocycles. The molecule has 41 heavy (non-hydrogen) atoms. The van der Waals surface area contributed by atoms with Crippen LogP contribution in [-0.4, -0.2) is 4.98 Å². The lowest BCUT2D eigenvalue weighted by molar-refractivity contribution is -0.721. The molecule has 7 rings (SSSR count). The lowest BCUT2D eigenvalue weighted by Crippen LogP contribution is -2.48. The molecular formula is C38H41N2O+. The minimum absolute atomic E-state index is 0.00281. The van der Waals surface area contributed by atoms with Crippen LogP contribution in [0.5, 0.6) is 0 Å². The van der Waals surface area contributed by atoms with Crippen molar-refractivity contribution in [3.05, 3.63) is 82.7 Å². The first-order valence-corrected chi connectivity index (χ1v) is 15.2. The normalized spacial score (nSPS) is 17.2. The number of aromatic nitrogens is 2. The summed E-state index contributed by atoms with van der Waals surface area (Å²) >= 11 is 0. The SMILES string of the molecule is Cc1ccc2c3c(cc(C(C)(C)C)c2c1)-c1c2oc4c5ccc(CC(C)C)cc5ccc4c2nc(C)[n+]1C(C)C3C. The van der Waals surface area contributed by atoms with Gasteiger partial charge in [0.2, 0.25) is 11.1 Å². The third-order valence-corrected chi connectivity index (χ3v) is 9.41. The second kappa shape index (κ2) is 8.89. The number of nitrogens with zero attached hydrogens (tertiary/aromatic N) is 2. The molecule has 3 heterocycles. The predicted octanol–water partition coefficient (Wildman–Crippen LogP) is 10.0. The summed E-state index contributed by atoms with van der Waals surface area (Å²) in [6, 6.07) is 21.0.